The Labute approximate surface area is 154 Å². The molecule has 0 atom stereocenters. The summed E-state index contributed by atoms with van der Waals surface area (Å²) in [6.07, 6.45) is 0. The second-order valence-corrected chi connectivity index (χ2v) is 9.09. The number of hydrogen-bond acceptors (Lipinski definition) is 2. The van der Waals surface area contributed by atoms with E-state index in [1.807, 2.05) is 19.1 Å². The van der Waals surface area contributed by atoms with E-state index >= 15 is 0 Å². The van der Waals surface area contributed by atoms with E-state index in [2.05, 4.69) is 65.8 Å². The van der Waals surface area contributed by atoms with Gasteiger partial charge >= 0.3 is 0 Å². The van der Waals surface area contributed by atoms with E-state index in [0.717, 1.165) is 17.2 Å². The van der Waals surface area contributed by atoms with Gasteiger partial charge in [0.25, 0.3) is 10.0 Å². The van der Waals surface area contributed by atoms with Crippen molar-refractivity contribution in [3.63, 3.8) is 0 Å². The van der Waals surface area contributed by atoms with Gasteiger partial charge in [-0.2, -0.15) is 0 Å². The van der Waals surface area contributed by atoms with E-state index < -0.39 is 10.0 Å². The zero-order valence-electron chi connectivity index (χ0n) is 10.3. The van der Waals surface area contributed by atoms with Crippen molar-refractivity contribution in [2.75, 3.05) is 4.72 Å². The van der Waals surface area contributed by atoms with Crippen LogP contribution in [0, 0.1) is 14.1 Å². The van der Waals surface area contributed by atoms with Crippen molar-refractivity contribution >= 4 is 76.8 Å². The van der Waals surface area contributed by atoms with Crippen LogP contribution in [0.4, 0.5) is 5.69 Å². The van der Waals surface area contributed by atoms with Gasteiger partial charge in [0, 0.05) is 11.6 Å². The summed E-state index contributed by atoms with van der Waals surface area (Å²) in [6.45, 7) is 1.92. The number of nitrogens with one attached hydrogen (secondary N) is 1. The van der Waals surface area contributed by atoms with Gasteiger partial charge < -0.3 is 0 Å². The Morgan fingerprint density at radius 2 is 1.55 bits per heavy atom. The number of rotatable bonds is 3. The van der Waals surface area contributed by atoms with E-state index in [1.165, 1.54) is 0 Å². The molecule has 0 unspecified atom stereocenters. The summed E-state index contributed by atoms with van der Waals surface area (Å²) in [5.41, 5.74) is 1.63. The third kappa shape index (κ3) is 3.86. The predicted molar refractivity (Wildman–Crippen MR) is 102 cm³/mol. The fraction of sp³-hybridized carbons (Fsp3) is 0.0769. The minimum absolute atomic E-state index is 0.262. The Hall–Kier alpha value is 0.130. The lowest BCUT2D eigenvalue weighted by Gasteiger charge is -2.12. The topological polar surface area (TPSA) is 46.2 Å². The fourth-order valence-electron chi connectivity index (χ4n) is 1.55. The highest BCUT2D eigenvalue weighted by Crippen LogP contribution is 2.30. The van der Waals surface area contributed by atoms with Crippen LogP contribution in [0.1, 0.15) is 5.56 Å². The molecular weight excluding hydrogens is 568 g/mol. The SMILES string of the molecule is Cc1ccc(S(=O)(=O)Nc2c(I)cc(Br)cc2I)cc1. The van der Waals surface area contributed by atoms with Gasteiger partial charge in [-0.1, -0.05) is 33.6 Å². The van der Waals surface area contributed by atoms with Crippen LogP contribution in [-0.2, 0) is 10.0 Å². The molecule has 0 amide bonds. The van der Waals surface area contributed by atoms with Gasteiger partial charge in [-0.3, -0.25) is 4.72 Å². The van der Waals surface area contributed by atoms with Crippen molar-refractivity contribution in [3.8, 4) is 0 Å². The van der Waals surface area contributed by atoms with Crippen LogP contribution in [0.2, 0.25) is 0 Å². The quantitative estimate of drug-likeness (QED) is 0.535. The molecule has 0 aromatic heterocycles. The normalized spacial score (nSPS) is 11.4. The predicted octanol–water partition coefficient (Wildman–Crippen LogP) is 4.77. The standard InChI is InChI=1S/C13H10BrI2NO2S/c1-8-2-4-10(5-3-8)20(18,19)17-13-11(15)6-9(14)7-12(13)16/h2-7,17H,1H3. The Morgan fingerprint density at radius 3 is 2.05 bits per heavy atom. The van der Waals surface area contributed by atoms with Gasteiger partial charge in [0.2, 0.25) is 0 Å². The first-order valence-electron chi connectivity index (χ1n) is 5.53. The maximum atomic E-state index is 12.4. The maximum absolute atomic E-state index is 12.4. The molecule has 0 fully saturated rings. The molecule has 2 aromatic rings. The largest absolute Gasteiger partial charge is 0.277 e. The molecule has 0 aliphatic heterocycles. The van der Waals surface area contributed by atoms with Crippen molar-refractivity contribution in [2.24, 2.45) is 0 Å². The molecule has 20 heavy (non-hydrogen) atoms. The van der Waals surface area contributed by atoms with Gasteiger partial charge in [0.1, 0.15) is 0 Å². The van der Waals surface area contributed by atoms with Crippen molar-refractivity contribution in [1.82, 2.24) is 0 Å². The van der Waals surface area contributed by atoms with Crippen molar-refractivity contribution in [3.05, 3.63) is 53.6 Å². The van der Waals surface area contributed by atoms with E-state index in [9.17, 15) is 8.42 Å². The summed E-state index contributed by atoms with van der Waals surface area (Å²) < 4.78 is 30.0. The maximum Gasteiger partial charge on any atom is 0.261 e. The van der Waals surface area contributed by atoms with Crippen LogP contribution in [0.25, 0.3) is 0 Å². The molecule has 0 bridgehead atoms. The summed E-state index contributed by atoms with van der Waals surface area (Å²) >= 11 is 7.62. The lowest BCUT2D eigenvalue weighted by atomic mass is 10.2. The minimum atomic E-state index is -3.56. The number of anilines is 1. The first kappa shape index (κ1) is 16.5. The molecule has 2 rings (SSSR count). The van der Waals surface area contributed by atoms with Gasteiger partial charge in [0.05, 0.1) is 10.6 Å². The average molecular weight is 578 g/mol. The van der Waals surface area contributed by atoms with E-state index in [4.69, 9.17) is 0 Å². The average Bonchev–Trinajstić information content (AvgIpc) is 2.34. The molecular formula is C13H10BrI2NO2S. The number of benzene rings is 2. The summed E-state index contributed by atoms with van der Waals surface area (Å²) in [5, 5.41) is 0. The van der Waals surface area contributed by atoms with E-state index in [-0.39, 0.29) is 4.90 Å². The van der Waals surface area contributed by atoms with Crippen LogP contribution in [0.15, 0.2) is 45.8 Å². The summed E-state index contributed by atoms with van der Waals surface area (Å²) in [6, 6.07) is 10.5. The first-order chi connectivity index (χ1) is 9.29. The summed E-state index contributed by atoms with van der Waals surface area (Å²) in [4.78, 5) is 0.262. The molecule has 0 saturated carbocycles. The Balaban J connectivity index is 2.41. The van der Waals surface area contributed by atoms with Gasteiger partial charge in [-0.15, -0.1) is 0 Å². The number of halogens is 3. The molecule has 0 aliphatic carbocycles. The Bertz CT molecular complexity index is 722. The molecule has 0 heterocycles. The zero-order valence-corrected chi connectivity index (χ0v) is 17.0. The van der Waals surface area contributed by atoms with Crippen molar-refractivity contribution < 1.29 is 8.42 Å². The molecule has 7 heteroatoms. The Kier molecular flexibility index (Phi) is 5.35. The summed E-state index contributed by atoms with van der Waals surface area (Å²) in [5.74, 6) is 0. The molecule has 0 spiro atoms. The highest BCUT2D eigenvalue weighted by molar-refractivity contribution is 14.1. The molecule has 1 N–H and O–H groups in total. The molecule has 2 aromatic carbocycles. The molecule has 0 saturated heterocycles. The smallest absolute Gasteiger partial charge is 0.261 e. The van der Waals surface area contributed by atoms with Crippen LogP contribution in [0.5, 0.6) is 0 Å². The highest BCUT2D eigenvalue weighted by atomic mass is 127. The molecule has 3 nitrogen and oxygen atoms in total. The van der Waals surface area contributed by atoms with Gasteiger partial charge in [-0.25, -0.2) is 8.42 Å². The molecule has 106 valence electrons. The zero-order chi connectivity index (χ0) is 14.9. The second-order valence-electron chi connectivity index (χ2n) is 4.16. The lowest BCUT2D eigenvalue weighted by molar-refractivity contribution is 0.601. The van der Waals surface area contributed by atoms with Crippen LogP contribution in [-0.4, -0.2) is 8.42 Å². The monoisotopic (exact) mass is 577 g/mol. The second kappa shape index (κ2) is 6.49. The molecule has 0 radical (unpaired) electrons. The van der Waals surface area contributed by atoms with Crippen molar-refractivity contribution in [2.45, 2.75) is 11.8 Å². The fourth-order valence-corrected chi connectivity index (χ4v) is 6.37. The number of hydrogen-bond donors (Lipinski definition) is 1. The third-order valence-corrected chi connectivity index (χ3v) is 6.10. The van der Waals surface area contributed by atoms with Crippen LogP contribution in [0.3, 0.4) is 0 Å². The van der Waals surface area contributed by atoms with Crippen molar-refractivity contribution in [1.29, 1.82) is 0 Å². The van der Waals surface area contributed by atoms with E-state index in [0.29, 0.717) is 5.69 Å². The number of aryl methyl sites for hydroxylation is 1. The Morgan fingerprint density at radius 1 is 1.05 bits per heavy atom. The summed E-state index contributed by atoms with van der Waals surface area (Å²) in [7, 11) is -3.56. The molecule has 0 aliphatic rings. The van der Waals surface area contributed by atoms with Gasteiger partial charge in [-0.05, 0) is 76.4 Å². The van der Waals surface area contributed by atoms with Crippen LogP contribution >= 0.6 is 61.1 Å². The number of sulfonamides is 1. The van der Waals surface area contributed by atoms with E-state index in [1.54, 1.807) is 24.3 Å². The van der Waals surface area contributed by atoms with Gasteiger partial charge in [0.15, 0.2) is 0 Å². The lowest BCUT2D eigenvalue weighted by Crippen LogP contribution is -2.14. The minimum Gasteiger partial charge on any atom is -0.277 e. The highest BCUT2D eigenvalue weighted by Gasteiger charge is 2.17. The van der Waals surface area contributed by atoms with Crippen LogP contribution < -0.4 is 4.72 Å². The first-order valence-corrected chi connectivity index (χ1v) is 9.97. The third-order valence-electron chi connectivity index (χ3n) is 2.57.